The summed E-state index contributed by atoms with van der Waals surface area (Å²) in [5.41, 5.74) is 1.59. The molecule has 0 aliphatic carbocycles. The quantitative estimate of drug-likeness (QED) is 0.908. The van der Waals surface area contributed by atoms with E-state index in [1.54, 1.807) is 6.07 Å². The van der Waals surface area contributed by atoms with Crippen LogP contribution in [0.3, 0.4) is 0 Å². The Morgan fingerprint density at radius 2 is 1.95 bits per heavy atom. The van der Waals surface area contributed by atoms with Crippen molar-refractivity contribution in [1.82, 2.24) is 0 Å². The fourth-order valence-corrected chi connectivity index (χ4v) is 5.50. The average molecular weight is 345 g/mol. The van der Waals surface area contributed by atoms with Gasteiger partial charge in [-0.05, 0) is 32.0 Å². The molecular weight excluding hydrogens is 328 g/mol. The van der Waals surface area contributed by atoms with Crippen LogP contribution < -0.4 is 9.62 Å². The zero-order valence-electron chi connectivity index (χ0n) is 11.8. The van der Waals surface area contributed by atoms with Gasteiger partial charge in [0.15, 0.2) is 0 Å². The van der Waals surface area contributed by atoms with Crippen LogP contribution in [0.4, 0.5) is 11.4 Å². The van der Waals surface area contributed by atoms with Gasteiger partial charge in [-0.2, -0.15) is 0 Å². The van der Waals surface area contributed by atoms with Gasteiger partial charge < -0.3 is 5.32 Å². The summed E-state index contributed by atoms with van der Waals surface area (Å²) in [5, 5.41) is 3.23. The number of halogens is 1. The molecule has 0 saturated carbocycles. The van der Waals surface area contributed by atoms with Crippen LogP contribution in [0.25, 0.3) is 0 Å². The van der Waals surface area contributed by atoms with Crippen molar-refractivity contribution in [2.24, 2.45) is 0 Å². The van der Waals surface area contributed by atoms with Gasteiger partial charge in [-0.15, -0.1) is 23.7 Å². The van der Waals surface area contributed by atoms with Crippen molar-refractivity contribution in [2.45, 2.75) is 18.7 Å². The molecule has 1 aliphatic rings. The van der Waals surface area contributed by atoms with Crippen molar-refractivity contribution in [3.8, 4) is 0 Å². The van der Waals surface area contributed by atoms with E-state index in [1.807, 2.05) is 38.1 Å². The van der Waals surface area contributed by atoms with Crippen molar-refractivity contribution in [2.75, 3.05) is 22.7 Å². The zero-order chi connectivity index (χ0) is 14.3. The fourth-order valence-electron chi connectivity index (χ4n) is 2.49. The van der Waals surface area contributed by atoms with Gasteiger partial charge in [0.2, 0.25) is 0 Å². The molecule has 0 fully saturated rings. The normalized spacial score (nSPS) is 14.1. The van der Waals surface area contributed by atoms with E-state index in [4.69, 9.17) is 0 Å². The number of hydrogen-bond donors (Lipinski definition) is 1. The smallest absolute Gasteiger partial charge is 0.265 e. The van der Waals surface area contributed by atoms with Gasteiger partial charge in [0.1, 0.15) is 4.90 Å². The van der Waals surface area contributed by atoms with E-state index in [9.17, 15) is 8.42 Å². The highest BCUT2D eigenvalue weighted by Crippen LogP contribution is 2.35. The highest BCUT2D eigenvalue weighted by atomic mass is 35.5. The molecule has 2 heterocycles. The number of sulfonamides is 1. The van der Waals surface area contributed by atoms with Crippen molar-refractivity contribution in [1.29, 1.82) is 0 Å². The molecule has 114 valence electrons. The summed E-state index contributed by atoms with van der Waals surface area (Å²) in [7, 11) is -3.48. The number of aryl methyl sites for hydroxylation is 2. The Morgan fingerprint density at radius 3 is 2.62 bits per heavy atom. The first-order valence-electron chi connectivity index (χ1n) is 6.43. The molecule has 7 heteroatoms. The first kappa shape index (κ1) is 16.1. The molecule has 4 nitrogen and oxygen atoms in total. The van der Waals surface area contributed by atoms with Crippen LogP contribution in [0.2, 0.25) is 0 Å². The van der Waals surface area contributed by atoms with Crippen molar-refractivity contribution in [3.05, 3.63) is 40.1 Å². The van der Waals surface area contributed by atoms with Crippen LogP contribution in [-0.2, 0) is 10.0 Å². The Kier molecular flexibility index (Phi) is 4.51. The lowest BCUT2D eigenvalue weighted by Crippen LogP contribution is -2.38. The maximum Gasteiger partial charge on any atom is 0.265 e. The van der Waals surface area contributed by atoms with Crippen LogP contribution in [0.15, 0.2) is 35.2 Å². The lowest BCUT2D eigenvalue weighted by molar-refractivity contribution is 0.590. The number of rotatable bonds is 2. The fraction of sp³-hybridized carbons (Fsp3) is 0.286. The van der Waals surface area contributed by atoms with Crippen molar-refractivity contribution in [3.63, 3.8) is 0 Å². The second-order valence-corrected chi connectivity index (χ2v) is 8.09. The summed E-state index contributed by atoms with van der Waals surface area (Å²) in [5.74, 6) is 0. The third-order valence-corrected chi connectivity index (χ3v) is 6.40. The highest BCUT2D eigenvalue weighted by molar-refractivity contribution is 7.93. The second kappa shape index (κ2) is 5.87. The van der Waals surface area contributed by atoms with E-state index in [0.717, 1.165) is 21.1 Å². The largest absolute Gasteiger partial charge is 0.382 e. The van der Waals surface area contributed by atoms with E-state index >= 15 is 0 Å². The van der Waals surface area contributed by atoms with Gasteiger partial charge in [0.05, 0.1) is 17.9 Å². The van der Waals surface area contributed by atoms with Gasteiger partial charge in [0.25, 0.3) is 10.0 Å². The topological polar surface area (TPSA) is 49.4 Å². The average Bonchev–Trinajstić information content (AvgIpc) is 2.78. The Bertz CT molecular complexity index is 756. The van der Waals surface area contributed by atoms with E-state index < -0.39 is 10.0 Å². The van der Waals surface area contributed by atoms with Crippen LogP contribution in [0.5, 0.6) is 0 Å². The van der Waals surface area contributed by atoms with Gasteiger partial charge in [0, 0.05) is 16.3 Å². The minimum Gasteiger partial charge on any atom is -0.382 e. The number of anilines is 2. The molecule has 3 rings (SSSR count). The molecule has 2 aromatic rings. The minimum absolute atomic E-state index is 0. The molecule has 1 N–H and O–H groups in total. The first-order chi connectivity index (χ1) is 9.50. The van der Waals surface area contributed by atoms with Crippen LogP contribution in [0.1, 0.15) is 9.75 Å². The number of nitrogens with one attached hydrogen (secondary N) is 1. The molecule has 1 aliphatic heterocycles. The number of hydrogen-bond acceptors (Lipinski definition) is 4. The second-order valence-electron chi connectivity index (χ2n) is 4.80. The summed E-state index contributed by atoms with van der Waals surface area (Å²) in [6.07, 6.45) is 0. The molecule has 0 unspecified atom stereocenters. The summed E-state index contributed by atoms with van der Waals surface area (Å²) in [4.78, 5) is 2.29. The van der Waals surface area contributed by atoms with Gasteiger partial charge in [-0.3, -0.25) is 4.31 Å². The maximum atomic E-state index is 12.9. The predicted molar refractivity (Wildman–Crippen MR) is 90.5 cm³/mol. The molecule has 0 atom stereocenters. The molecule has 0 amide bonds. The molecule has 0 saturated heterocycles. The maximum absolute atomic E-state index is 12.9. The summed E-state index contributed by atoms with van der Waals surface area (Å²) in [6.45, 7) is 4.87. The van der Waals surface area contributed by atoms with E-state index in [0.29, 0.717) is 18.0 Å². The molecule has 0 radical (unpaired) electrons. The molecule has 0 bridgehead atoms. The number of thiophene rings is 1. The lowest BCUT2D eigenvalue weighted by atomic mass is 10.2. The Hall–Kier alpha value is -1.24. The SMILES string of the molecule is Cc1cc(S(=O)(=O)N2CCNc3ccccc32)c(C)s1.Cl. The Labute approximate surface area is 135 Å². The number of para-hydroxylation sites is 2. The van der Waals surface area contributed by atoms with E-state index in [-0.39, 0.29) is 12.4 Å². The number of fused-ring (bicyclic) bond motifs is 1. The van der Waals surface area contributed by atoms with Gasteiger partial charge in [-0.1, -0.05) is 12.1 Å². The van der Waals surface area contributed by atoms with Crippen LogP contribution >= 0.6 is 23.7 Å². The standard InChI is InChI=1S/C14H16N2O2S2.ClH/c1-10-9-14(11(2)19-10)20(17,18)16-8-7-15-12-5-3-4-6-13(12)16;/h3-6,9,15H,7-8H2,1-2H3;1H. The Balaban J connectivity index is 0.00000161. The summed E-state index contributed by atoms with van der Waals surface area (Å²) in [6, 6.07) is 9.28. The molecule has 0 spiro atoms. The highest BCUT2D eigenvalue weighted by Gasteiger charge is 2.30. The van der Waals surface area contributed by atoms with Gasteiger partial charge in [-0.25, -0.2) is 8.42 Å². The van der Waals surface area contributed by atoms with E-state index in [2.05, 4.69) is 5.32 Å². The van der Waals surface area contributed by atoms with Crippen LogP contribution in [-0.4, -0.2) is 21.5 Å². The summed E-state index contributed by atoms with van der Waals surface area (Å²) < 4.78 is 27.3. The number of benzene rings is 1. The number of nitrogens with zero attached hydrogens (tertiary/aromatic N) is 1. The van der Waals surface area contributed by atoms with Crippen molar-refractivity contribution < 1.29 is 8.42 Å². The molecule has 1 aromatic carbocycles. The minimum atomic E-state index is -3.48. The Morgan fingerprint density at radius 1 is 1.24 bits per heavy atom. The third-order valence-electron chi connectivity index (χ3n) is 3.37. The van der Waals surface area contributed by atoms with Crippen LogP contribution in [0, 0.1) is 13.8 Å². The van der Waals surface area contributed by atoms with Crippen molar-refractivity contribution >= 4 is 45.1 Å². The first-order valence-corrected chi connectivity index (χ1v) is 8.68. The summed E-state index contributed by atoms with van der Waals surface area (Å²) >= 11 is 1.52. The predicted octanol–water partition coefficient (Wildman–Crippen LogP) is 3.41. The van der Waals surface area contributed by atoms with Gasteiger partial charge >= 0.3 is 0 Å². The molecule has 1 aromatic heterocycles. The third kappa shape index (κ3) is 2.75. The monoisotopic (exact) mass is 344 g/mol. The molecule has 21 heavy (non-hydrogen) atoms. The lowest BCUT2D eigenvalue weighted by Gasteiger charge is -2.31. The van der Waals surface area contributed by atoms with E-state index in [1.165, 1.54) is 15.6 Å². The zero-order valence-corrected chi connectivity index (χ0v) is 14.2. The molecular formula is C14H17ClN2O2S2.